The Morgan fingerprint density at radius 2 is 1.90 bits per heavy atom. The Balaban J connectivity index is 2.76. The molecule has 1 rings (SSSR count). The standard InChI is InChI=1S/C14H17Cl2NO4/c1-14(2,3)21-13(20)17-11(12(18)19)7-8-4-5-9(15)10(16)6-8/h4-6,11H,7H2,1-3H3,(H,17,20)(H,18,19)/p-1/t11-/m1/s1. The predicted octanol–water partition coefficient (Wildman–Crippen LogP) is 2.18. The van der Waals surface area contributed by atoms with Crippen molar-refractivity contribution in [2.45, 2.75) is 38.8 Å². The van der Waals surface area contributed by atoms with Crippen LogP contribution in [-0.2, 0) is 16.0 Å². The van der Waals surface area contributed by atoms with Gasteiger partial charge in [0.15, 0.2) is 0 Å². The maximum absolute atomic E-state index is 11.6. The lowest BCUT2D eigenvalue weighted by Crippen LogP contribution is -2.50. The number of carbonyl (C=O) groups is 2. The van der Waals surface area contributed by atoms with E-state index in [2.05, 4.69) is 5.32 Å². The van der Waals surface area contributed by atoms with Crippen molar-refractivity contribution in [2.24, 2.45) is 0 Å². The number of rotatable bonds is 4. The number of aliphatic carboxylic acids is 1. The van der Waals surface area contributed by atoms with Gasteiger partial charge in [-0.3, -0.25) is 0 Å². The van der Waals surface area contributed by atoms with Crippen LogP contribution in [0.4, 0.5) is 4.79 Å². The molecule has 1 atom stereocenters. The monoisotopic (exact) mass is 332 g/mol. The average Bonchev–Trinajstić information content (AvgIpc) is 2.30. The summed E-state index contributed by atoms with van der Waals surface area (Å²) in [4.78, 5) is 22.7. The smallest absolute Gasteiger partial charge is 0.408 e. The van der Waals surface area contributed by atoms with Gasteiger partial charge in [-0.1, -0.05) is 29.3 Å². The molecule has 7 heteroatoms. The molecule has 0 spiro atoms. The summed E-state index contributed by atoms with van der Waals surface area (Å²) in [5.74, 6) is -1.41. The summed E-state index contributed by atoms with van der Waals surface area (Å²) in [5.41, 5.74) is -0.112. The fourth-order valence-electron chi connectivity index (χ4n) is 1.55. The Bertz CT molecular complexity index is 540. The Morgan fingerprint density at radius 1 is 1.29 bits per heavy atom. The van der Waals surface area contributed by atoms with Crippen LogP contribution in [0.15, 0.2) is 18.2 Å². The summed E-state index contributed by atoms with van der Waals surface area (Å²) in [6.07, 6.45) is -0.810. The number of carbonyl (C=O) groups excluding carboxylic acids is 2. The lowest BCUT2D eigenvalue weighted by Gasteiger charge is -2.24. The Kier molecular flexibility index (Phi) is 5.87. The number of hydrogen-bond acceptors (Lipinski definition) is 4. The highest BCUT2D eigenvalue weighted by molar-refractivity contribution is 6.42. The molecule has 0 unspecified atom stereocenters. The zero-order chi connectivity index (χ0) is 16.2. The topological polar surface area (TPSA) is 78.5 Å². The number of nitrogens with one attached hydrogen (secondary N) is 1. The van der Waals surface area contributed by atoms with E-state index in [1.54, 1.807) is 32.9 Å². The minimum absolute atomic E-state index is 0.0124. The maximum atomic E-state index is 11.6. The summed E-state index contributed by atoms with van der Waals surface area (Å²) in [6, 6.07) is 3.49. The molecule has 1 aromatic rings. The molecule has 0 saturated heterocycles. The van der Waals surface area contributed by atoms with Crippen molar-refractivity contribution in [1.29, 1.82) is 0 Å². The van der Waals surface area contributed by atoms with Crippen molar-refractivity contribution in [3.8, 4) is 0 Å². The Morgan fingerprint density at radius 3 is 2.38 bits per heavy atom. The molecular formula is C14H16Cl2NO4-. The van der Waals surface area contributed by atoms with Crippen molar-refractivity contribution >= 4 is 35.3 Å². The normalized spacial score (nSPS) is 12.6. The first-order valence-electron chi connectivity index (χ1n) is 6.23. The van der Waals surface area contributed by atoms with E-state index in [0.717, 1.165) is 0 Å². The third-order valence-corrected chi connectivity index (χ3v) is 3.14. The molecular weight excluding hydrogens is 317 g/mol. The molecule has 5 nitrogen and oxygen atoms in total. The minimum atomic E-state index is -1.41. The second-order valence-corrected chi connectivity index (χ2v) is 6.28. The van der Waals surface area contributed by atoms with Gasteiger partial charge in [0, 0.05) is 0 Å². The second-order valence-electron chi connectivity index (χ2n) is 5.47. The van der Waals surface area contributed by atoms with Gasteiger partial charge >= 0.3 is 6.09 Å². The minimum Gasteiger partial charge on any atom is -0.548 e. The third-order valence-electron chi connectivity index (χ3n) is 2.40. The van der Waals surface area contributed by atoms with Crippen LogP contribution in [0.5, 0.6) is 0 Å². The Labute approximate surface area is 133 Å². The number of benzene rings is 1. The van der Waals surface area contributed by atoms with Crippen molar-refractivity contribution < 1.29 is 19.4 Å². The maximum Gasteiger partial charge on any atom is 0.408 e. The Hall–Kier alpha value is -1.46. The number of amides is 1. The number of carboxylic acid groups (broad SMARTS) is 1. The van der Waals surface area contributed by atoms with E-state index in [0.29, 0.717) is 15.6 Å². The molecule has 116 valence electrons. The third kappa shape index (κ3) is 6.23. The van der Waals surface area contributed by atoms with Gasteiger partial charge in [-0.2, -0.15) is 0 Å². The van der Waals surface area contributed by atoms with Crippen molar-refractivity contribution in [1.82, 2.24) is 5.32 Å². The molecule has 1 aromatic carbocycles. The number of carboxylic acids is 1. The lowest BCUT2D eigenvalue weighted by molar-refractivity contribution is -0.308. The summed E-state index contributed by atoms with van der Waals surface area (Å²) >= 11 is 11.6. The second kappa shape index (κ2) is 7.00. The van der Waals surface area contributed by atoms with E-state index >= 15 is 0 Å². The van der Waals surface area contributed by atoms with Gasteiger partial charge < -0.3 is 20.0 Å². The molecule has 0 fully saturated rings. The first kappa shape index (κ1) is 17.6. The fraction of sp³-hybridized carbons (Fsp3) is 0.429. The van der Waals surface area contributed by atoms with E-state index in [9.17, 15) is 14.7 Å². The van der Waals surface area contributed by atoms with E-state index in [1.807, 2.05) is 0 Å². The van der Waals surface area contributed by atoms with Crippen LogP contribution < -0.4 is 10.4 Å². The highest BCUT2D eigenvalue weighted by Gasteiger charge is 2.20. The molecule has 0 aliphatic rings. The zero-order valence-electron chi connectivity index (χ0n) is 11.9. The average molecular weight is 333 g/mol. The zero-order valence-corrected chi connectivity index (χ0v) is 13.4. The number of alkyl carbamates (subject to hydrolysis) is 1. The van der Waals surface area contributed by atoms with Gasteiger partial charge in [-0.05, 0) is 44.9 Å². The van der Waals surface area contributed by atoms with Crippen LogP contribution in [0.25, 0.3) is 0 Å². The van der Waals surface area contributed by atoms with Crippen molar-refractivity contribution in [3.63, 3.8) is 0 Å². The summed E-state index contributed by atoms with van der Waals surface area (Å²) in [5, 5.41) is 14.0. The highest BCUT2D eigenvalue weighted by atomic mass is 35.5. The van der Waals surface area contributed by atoms with Gasteiger partial charge in [0.05, 0.1) is 22.1 Å². The van der Waals surface area contributed by atoms with Crippen LogP contribution >= 0.6 is 23.2 Å². The summed E-state index contributed by atoms with van der Waals surface area (Å²) in [7, 11) is 0. The van der Waals surface area contributed by atoms with Crippen LogP contribution in [0.3, 0.4) is 0 Å². The van der Waals surface area contributed by atoms with E-state index in [1.165, 1.54) is 6.07 Å². The first-order valence-corrected chi connectivity index (χ1v) is 6.98. The molecule has 21 heavy (non-hydrogen) atoms. The van der Waals surface area contributed by atoms with Crippen LogP contribution in [-0.4, -0.2) is 23.7 Å². The quantitative estimate of drug-likeness (QED) is 0.916. The van der Waals surface area contributed by atoms with Crippen LogP contribution in [0.2, 0.25) is 10.0 Å². The number of halogens is 2. The lowest BCUT2D eigenvalue weighted by atomic mass is 10.1. The molecule has 0 aromatic heterocycles. The van der Waals surface area contributed by atoms with E-state index < -0.39 is 23.7 Å². The molecule has 1 N–H and O–H groups in total. The fourth-order valence-corrected chi connectivity index (χ4v) is 1.87. The van der Waals surface area contributed by atoms with Crippen molar-refractivity contribution in [3.05, 3.63) is 33.8 Å². The van der Waals surface area contributed by atoms with Crippen molar-refractivity contribution in [2.75, 3.05) is 0 Å². The SMILES string of the molecule is CC(C)(C)OC(=O)N[C@H](Cc1ccc(Cl)c(Cl)c1)C(=O)[O-]. The van der Waals surface area contributed by atoms with Gasteiger partial charge in [-0.25, -0.2) is 4.79 Å². The molecule has 0 saturated carbocycles. The van der Waals surface area contributed by atoms with E-state index in [-0.39, 0.29) is 6.42 Å². The van der Waals surface area contributed by atoms with E-state index in [4.69, 9.17) is 27.9 Å². The first-order chi connectivity index (χ1) is 9.58. The molecule has 0 radical (unpaired) electrons. The van der Waals surface area contributed by atoms with Gasteiger partial charge in [-0.15, -0.1) is 0 Å². The van der Waals surface area contributed by atoms with Crippen LogP contribution in [0, 0.1) is 0 Å². The number of ether oxygens (including phenoxy) is 1. The predicted molar refractivity (Wildman–Crippen MR) is 78.3 cm³/mol. The summed E-state index contributed by atoms with van der Waals surface area (Å²) in [6.45, 7) is 5.04. The highest BCUT2D eigenvalue weighted by Crippen LogP contribution is 2.23. The number of hydrogen-bond donors (Lipinski definition) is 1. The van der Waals surface area contributed by atoms with Crippen LogP contribution in [0.1, 0.15) is 26.3 Å². The largest absolute Gasteiger partial charge is 0.548 e. The molecule has 0 bridgehead atoms. The van der Waals surface area contributed by atoms with Gasteiger partial charge in [0.2, 0.25) is 0 Å². The van der Waals surface area contributed by atoms with Gasteiger partial charge in [0.1, 0.15) is 5.60 Å². The molecule has 0 aliphatic carbocycles. The molecule has 1 amide bonds. The van der Waals surface area contributed by atoms with Gasteiger partial charge in [0.25, 0.3) is 0 Å². The molecule has 0 heterocycles. The molecule has 0 aliphatic heterocycles. The summed E-state index contributed by atoms with van der Waals surface area (Å²) < 4.78 is 5.01.